The average Bonchev–Trinajstić information content (AvgIpc) is 2.69. The number of nitrogens with zero attached hydrogens (tertiary/aromatic N) is 2. The van der Waals surface area contributed by atoms with Gasteiger partial charge in [0.15, 0.2) is 5.78 Å². The number of Topliss-reactive ketones (excluding diaryl/α,β-unsaturated/α-hetero) is 1. The predicted octanol–water partition coefficient (Wildman–Crippen LogP) is 5.20. The quantitative estimate of drug-likeness (QED) is 0.694. The molecule has 0 radical (unpaired) electrons. The number of hydrogen-bond acceptors (Lipinski definition) is 4. The molecule has 0 spiro atoms. The summed E-state index contributed by atoms with van der Waals surface area (Å²) in [4.78, 5) is 33.8. The van der Waals surface area contributed by atoms with E-state index in [1.807, 2.05) is 31.2 Å². The molecule has 1 aliphatic rings. The van der Waals surface area contributed by atoms with Crippen molar-refractivity contribution in [2.24, 2.45) is 5.92 Å². The van der Waals surface area contributed by atoms with Crippen molar-refractivity contribution in [1.82, 2.24) is 9.97 Å². The fraction of sp³-hybridized carbons (Fsp3) is 0.455. The average molecular weight is 400 g/mol. The highest BCUT2D eigenvalue weighted by molar-refractivity contribution is 6.30. The maximum absolute atomic E-state index is 12.5. The van der Waals surface area contributed by atoms with Crippen molar-refractivity contribution in [3.05, 3.63) is 52.3 Å². The fourth-order valence-electron chi connectivity index (χ4n) is 3.66. The minimum Gasteiger partial charge on any atom is -0.294 e. The van der Waals surface area contributed by atoms with Gasteiger partial charge in [0.05, 0.1) is 11.3 Å². The molecule has 148 valence electrons. The molecule has 3 rings (SSSR count). The molecule has 5 nitrogen and oxygen atoms in total. The third-order valence-corrected chi connectivity index (χ3v) is 5.64. The van der Waals surface area contributed by atoms with Crippen molar-refractivity contribution in [2.45, 2.75) is 58.3 Å². The summed E-state index contributed by atoms with van der Waals surface area (Å²) in [5.41, 5.74) is 2.32. The van der Waals surface area contributed by atoms with E-state index in [1.54, 1.807) is 6.20 Å². The minimum absolute atomic E-state index is 0.0356. The van der Waals surface area contributed by atoms with Crippen LogP contribution >= 0.6 is 11.6 Å². The lowest BCUT2D eigenvalue weighted by atomic mass is 9.82. The zero-order chi connectivity index (χ0) is 20.1. The number of halogens is 1. The number of fused-ring (bicyclic) bond motifs is 1. The molecule has 28 heavy (non-hydrogen) atoms. The van der Waals surface area contributed by atoms with Gasteiger partial charge in [0.25, 0.3) is 0 Å². The zero-order valence-electron chi connectivity index (χ0n) is 16.4. The molecule has 0 unspecified atom stereocenters. The topological polar surface area (TPSA) is 72.0 Å². The number of carbonyl (C=O) groups is 2. The Bertz CT molecular complexity index is 851. The van der Waals surface area contributed by atoms with E-state index in [0.717, 1.165) is 31.2 Å². The van der Waals surface area contributed by atoms with Crippen LogP contribution in [-0.2, 0) is 11.2 Å². The second-order valence-electron chi connectivity index (χ2n) is 7.37. The summed E-state index contributed by atoms with van der Waals surface area (Å²) in [7, 11) is 0. The molecule has 1 aliphatic carbocycles. The second-order valence-corrected chi connectivity index (χ2v) is 7.81. The molecule has 1 amide bonds. The number of ketones is 1. The molecule has 2 aromatic rings. The molecule has 1 heterocycles. The fourth-order valence-corrected chi connectivity index (χ4v) is 3.79. The Morgan fingerprint density at radius 2 is 2.00 bits per heavy atom. The number of aromatic nitrogens is 2. The van der Waals surface area contributed by atoms with Gasteiger partial charge in [-0.25, -0.2) is 9.97 Å². The van der Waals surface area contributed by atoms with Crippen molar-refractivity contribution < 1.29 is 9.59 Å². The highest BCUT2D eigenvalue weighted by atomic mass is 35.5. The van der Waals surface area contributed by atoms with Crippen LogP contribution in [0.1, 0.15) is 73.5 Å². The van der Waals surface area contributed by atoms with Crippen LogP contribution in [0.5, 0.6) is 0 Å². The molecular formula is C22H26ClN3O2. The van der Waals surface area contributed by atoms with E-state index < -0.39 is 0 Å². The van der Waals surface area contributed by atoms with E-state index in [1.165, 1.54) is 0 Å². The van der Waals surface area contributed by atoms with Crippen molar-refractivity contribution in [3.8, 4) is 0 Å². The van der Waals surface area contributed by atoms with E-state index in [9.17, 15) is 9.59 Å². The highest BCUT2D eigenvalue weighted by Gasteiger charge is 2.28. The van der Waals surface area contributed by atoms with Gasteiger partial charge in [-0.1, -0.05) is 50.4 Å². The van der Waals surface area contributed by atoms with E-state index in [0.29, 0.717) is 29.1 Å². The summed E-state index contributed by atoms with van der Waals surface area (Å²) in [6, 6.07) is 7.58. The van der Waals surface area contributed by atoms with Crippen LogP contribution in [0.3, 0.4) is 0 Å². The lowest BCUT2D eigenvalue weighted by Crippen LogP contribution is -2.25. The van der Waals surface area contributed by atoms with Crippen LogP contribution in [-0.4, -0.2) is 21.7 Å². The third kappa shape index (κ3) is 4.76. The molecule has 1 aromatic heterocycles. The summed E-state index contributed by atoms with van der Waals surface area (Å²) in [6.07, 6.45) is 6.35. The number of amides is 1. The van der Waals surface area contributed by atoms with Gasteiger partial charge < -0.3 is 0 Å². The van der Waals surface area contributed by atoms with Crippen LogP contribution in [0.15, 0.2) is 30.5 Å². The van der Waals surface area contributed by atoms with E-state index in [4.69, 9.17) is 11.6 Å². The Labute approximate surface area is 170 Å². The van der Waals surface area contributed by atoms with Gasteiger partial charge in [-0.2, -0.15) is 0 Å². The van der Waals surface area contributed by atoms with Gasteiger partial charge in [0.1, 0.15) is 0 Å². The number of nitrogens with one attached hydrogen (secondary N) is 1. The molecule has 1 N–H and O–H groups in total. The number of anilines is 1. The summed E-state index contributed by atoms with van der Waals surface area (Å²) in [5, 5.41) is 3.51. The maximum atomic E-state index is 12.5. The molecule has 0 aliphatic heterocycles. The Morgan fingerprint density at radius 3 is 2.68 bits per heavy atom. The standard InChI is InChI=1S/C22H26ClN3O2/c1-3-5-6-14(4-2)21(28)26-22-24-13-18-19(25-22)11-16(12-20(18)27)15-7-9-17(23)10-8-15/h7-10,13-14,16H,3-6,11-12H2,1-2H3,(H,24,25,26,28)/t14-,16-/m1/s1. The normalized spacial score (nSPS) is 17.1. The first-order valence-corrected chi connectivity index (χ1v) is 10.3. The summed E-state index contributed by atoms with van der Waals surface area (Å²) in [5.74, 6) is 0.288. The molecule has 1 aromatic carbocycles. The number of carbonyl (C=O) groups excluding carboxylic acids is 2. The van der Waals surface area contributed by atoms with Crippen molar-refractivity contribution >= 4 is 29.2 Å². The second kappa shape index (κ2) is 9.28. The first-order chi connectivity index (χ1) is 13.5. The van der Waals surface area contributed by atoms with Gasteiger partial charge in [-0.3, -0.25) is 14.9 Å². The van der Waals surface area contributed by atoms with E-state index >= 15 is 0 Å². The smallest absolute Gasteiger partial charge is 0.229 e. The number of unbranched alkanes of at least 4 members (excludes halogenated alkanes) is 1. The predicted molar refractivity (Wildman–Crippen MR) is 111 cm³/mol. The number of benzene rings is 1. The van der Waals surface area contributed by atoms with Crippen LogP contribution in [0, 0.1) is 5.92 Å². The highest BCUT2D eigenvalue weighted by Crippen LogP contribution is 2.32. The maximum Gasteiger partial charge on any atom is 0.229 e. The van der Waals surface area contributed by atoms with Crippen molar-refractivity contribution in [3.63, 3.8) is 0 Å². The van der Waals surface area contributed by atoms with Crippen LogP contribution in [0.25, 0.3) is 0 Å². The largest absolute Gasteiger partial charge is 0.294 e. The monoisotopic (exact) mass is 399 g/mol. The molecule has 6 heteroatoms. The summed E-state index contributed by atoms with van der Waals surface area (Å²) < 4.78 is 0. The third-order valence-electron chi connectivity index (χ3n) is 5.39. The lowest BCUT2D eigenvalue weighted by molar-refractivity contribution is -0.120. The van der Waals surface area contributed by atoms with Gasteiger partial charge in [0.2, 0.25) is 11.9 Å². The zero-order valence-corrected chi connectivity index (χ0v) is 17.1. The molecule has 0 bridgehead atoms. The molecule has 0 fully saturated rings. The molecular weight excluding hydrogens is 374 g/mol. The van der Waals surface area contributed by atoms with Crippen LogP contribution in [0.2, 0.25) is 5.02 Å². The minimum atomic E-state index is -0.0488. The van der Waals surface area contributed by atoms with Gasteiger partial charge in [-0.15, -0.1) is 0 Å². The van der Waals surface area contributed by atoms with Gasteiger partial charge >= 0.3 is 0 Å². The first kappa shape index (κ1) is 20.5. The van der Waals surface area contributed by atoms with Crippen molar-refractivity contribution in [1.29, 1.82) is 0 Å². The molecule has 0 saturated carbocycles. The van der Waals surface area contributed by atoms with E-state index in [2.05, 4.69) is 22.2 Å². The van der Waals surface area contributed by atoms with Crippen LogP contribution in [0.4, 0.5) is 5.95 Å². The van der Waals surface area contributed by atoms with Gasteiger partial charge in [-0.05, 0) is 42.9 Å². The number of hydrogen-bond donors (Lipinski definition) is 1. The summed E-state index contributed by atoms with van der Waals surface area (Å²) in [6.45, 7) is 4.13. The Hall–Kier alpha value is -2.27. The first-order valence-electron chi connectivity index (χ1n) is 9.97. The Morgan fingerprint density at radius 1 is 1.25 bits per heavy atom. The molecule has 2 atom stereocenters. The molecule has 0 saturated heterocycles. The lowest BCUT2D eigenvalue weighted by Gasteiger charge is -2.23. The van der Waals surface area contributed by atoms with Crippen LogP contribution < -0.4 is 5.32 Å². The van der Waals surface area contributed by atoms with Gasteiger partial charge in [0, 0.05) is 23.6 Å². The SMILES string of the molecule is CCCC[C@@H](CC)C(=O)Nc1ncc2c(n1)C[C@@H](c1ccc(Cl)cc1)CC2=O. The Balaban J connectivity index is 1.76. The number of rotatable bonds is 7. The van der Waals surface area contributed by atoms with E-state index in [-0.39, 0.29) is 29.5 Å². The summed E-state index contributed by atoms with van der Waals surface area (Å²) >= 11 is 5.97. The van der Waals surface area contributed by atoms with Crippen molar-refractivity contribution in [2.75, 3.05) is 5.32 Å². The Kier molecular flexibility index (Phi) is 6.79.